The number of halogens is 3. The number of thioether (sulfide) groups is 1. The van der Waals surface area contributed by atoms with Crippen molar-refractivity contribution < 1.29 is 28.2 Å². The fourth-order valence-electron chi connectivity index (χ4n) is 2.87. The van der Waals surface area contributed by atoms with Gasteiger partial charge in [0.05, 0.1) is 0 Å². The highest BCUT2D eigenvalue weighted by molar-refractivity contribution is 7.98. The lowest BCUT2D eigenvalue weighted by Gasteiger charge is -2.26. The van der Waals surface area contributed by atoms with Crippen LogP contribution in [-0.2, 0) is 4.79 Å². The van der Waals surface area contributed by atoms with Gasteiger partial charge in [-0.05, 0) is 29.9 Å². The highest BCUT2D eigenvalue weighted by Crippen LogP contribution is 2.29. The van der Waals surface area contributed by atoms with Crippen LogP contribution < -0.4 is 0 Å². The number of hydrogen-bond acceptors (Lipinski definition) is 5. The molecule has 0 aromatic heterocycles. The van der Waals surface area contributed by atoms with Crippen molar-refractivity contribution in [2.24, 2.45) is 0 Å². The number of alkyl halides is 3. The van der Waals surface area contributed by atoms with Gasteiger partial charge in [-0.15, -0.1) is 11.8 Å². The van der Waals surface area contributed by atoms with Crippen LogP contribution in [0, 0.1) is 0 Å². The SMILES string of the molecule is CC(C)[SiH](C(C)C)C(C)C.CO.CSc1ccccc1.O=C(O)C(F)(F)F.SCCS. The van der Waals surface area contributed by atoms with Gasteiger partial charge in [-0.3, -0.25) is 0 Å². The number of hydrogen-bond donors (Lipinski definition) is 4. The molecular formula is C21H41F3O3S3Si. The Morgan fingerprint density at radius 2 is 1.23 bits per heavy atom. The first-order valence-electron chi connectivity index (χ1n) is 9.81. The largest absolute Gasteiger partial charge is 0.490 e. The molecule has 0 atom stereocenters. The molecule has 3 nitrogen and oxygen atoms in total. The van der Waals surface area contributed by atoms with Crippen LogP contribution in [0.1, 0.15) is 41.5 Å². The second kappa shape index (κ2) is 24.4. The summed E-state index contributed by atoms with van der Waals surface area (Å²) in [6.07, 6.45) is -3.00. The third-order valence-corrected chi connectivity index (χ3v) is 9.79. The first-order chi connectivity index (χ1) is 14.3. The molecule has 1 rings (SSSR count). The van der Waals surface area contributed by atoms with Crippen molar-refractivity contribution in [3.05, 3.63) is 30.3 Å². The minimum Gasteiger partial charge on any atom is -0.475 e. The second-order valence-corrected chi connectivity index (χ2v) is 14.0. The molecular weight excluding hydrogens is 482 g/mol. The van der Waals surface area contributed by atoms with Crippen LogP contribution in [0.4, 0.5) is 13.2 Å². The van der Waals surface area contributed by atoms with Crippen LogP contribution in [0.5, 0.6) is 0 Å². The molecule has 10 heteroatoms. The molecule has 0 saturated carbocycles. The van der Waals surface area contributed by atoms with E-state index in [2.05, 4.69) is 85.2 Å². The van der Waals surface area contributed by atoms with Gasteiger partial charge in [-0.2, -0.15) is 38.4 Å². The van der Waals surface area contributed by atoms with Crippen molar-refractivity contribution in [2.75, 3.05) is 24.9 Å². The Hall–Kier alpha value is -0.293. The number of rotatable bonds is 5. The van der Waals surface area contributed by atoms with Crippen molar-refractivity contribution in [3.8, 4) is 0 Å². The van der Waals surface area contributed by atoms with E-state index in [1.165, 1.54) is 4.90 Å². The molecule has 0 fully saturated rings. The summed E-state index contributed by atoms with van der Waals surface area (Å²) < 4.78 is 31.7. The third kappa shape index (κ3) is 27.7. The average Bonchev–Trinajstić information content (AvgIpc) is 2.69. The summed E-state index contributed by atoms with van der Waals surface area (Å²) >= 11 is 9.46. The van der Waals surface area contributed by atoms with E-state index in [9.17, 15) is 13.2 Å². The zero-order valence-corrected chi connectivity index (χ0v) is 23.6. The van der Waals surface area contributed by atoms with Crippen molar-refractivity contribution in [2.45, 2.75) is 69.2 Å². The van der Waals surface area contributed by atoms with E-state index in [4.69, 9.17) is 15.0 Å². The molecule has 0 heterocycles. The fraction of sp³-hybridized carbons (Fsp3) is 0.667. The van der Waals surface area contributed by atoms with Gasteiger partial charge < -0.3 is 10.2 Å². The molecule has 186 valence electrons. The number of aliphatic hydroxyl groups is 1. The van der Waals surface area contributed by atoms with Gasteiger partial charge >= 0.3 is 12.1 Å². The Balaban J connectivity index is -0.000000158. The molecule has 1 aromatic carbocycles. The highest BCUT2D eigenvalue weighted by Gasteiger charge is 2.38. The molecule has 0 radical (unpaired) electrons. The van der Waals surface area contributed by atoms with Gasteiger partial charge in [0.15, 0.2) is 0 Å². The van der Waals surface area contributed by atoms with E-state index in [0.29, 0.717) is 0 Å². The topological polar surface area (TPSA) is 57.5 Å². The predicted octanol–water partition coefficient (Wildman–Crippen LogP) is 6.94. The second-order valence-electron chi connectivity index (χ2n) is 7.08. The summed E-state index contributed by atoms with van der Waals surface area (Å²) in [6, 6.07) is 10.3. The number of aliphatic hydroxyl groups excluding tert-OH is 1. The first kappa shape index (κ1) is 38.0. The van der Waals surface area contributed by atoms with Crippen LogP contribution in [0.25, 0.3) is 0 Å². The van der Waals surface area contributed by atoms with E-state index >= 15 is 0 Å². The van der Waals surface area contributed by atoms with Gasteiger partial charge in [-0.1, -0.05) is 76.4 Å². The molecule has 1 aromatic rings. The number of carboxylic acid groups (broad SMARTS) is 1. The maximum Gasteiger partial charge on any atom is 0.490 e. The number of benzene rings is 1. The maximum absolute atomic E-state index is 10.6. The summed E-state index contributed by atoms with van der Waals surface area (Å²) in [7, 11) is 0.546. The molecule has 0 bridgehead atoms. The van der Waals surface area contributed by atoms with Crippen molar-refractivity contribution >= 4 is 51.8 Å². The van der Waals surface area contributed by atoms with Crippen LogP contribution >= 0.6 is 37.0 Å². The van der Waals surface area contributed by atoms with E-state index in [0.717, 1.165) is 35.2 Å². The monoisotopic (exact) mass is 522 g/mol. The van der Waals surface area contributed by atoms with E-state index < -0.39 is 20.9 Å². The van der Waals surface area contributed by atoms with Gasteiger partial charge in [0, 0.05) is 20.8 Å². The normalized spacial score (nSPS) is 10.1. The minimum absolute atomic E-state index is 0.454. The van der Waals surface area contributed by atoms with Crippen molar-refractivity contribution in [1.29, 1.82) is 0 Å². The van der Waals surface area contributed by atoms with Crippen LogP contribution in [0.3, 0.4) is 0 Å². The molecule has 31 heavy (non-hydrogen) atoms. The van der Waals surface area contributed by atoms with Gasteiger partial charge in [-0.25, -0.2) is 4.79 Å². The lowest BCUT2D eigenvalue weighted by atomic mass is 10.4. The fourth-order valence-corrected chi connectivity index (χ4v) is 7.91. The summed E-state index contributed by atoms with van der Waals surface area (Å²) in [5.41, 5.74) is 2.92. The predicted molar refractivity (Wildman–Crippen MR) is 140 cm³/mol. The van der Waals surface area contributed by atoms with Crippen molar-refractivity contribution in [3.63, 3.8) is 0 Å². The van der Waals surface area contributed by atoms with E-state index in [1.807, 2.05) is 18.2 Å². The van der Waals surface area contributed by atoms with Gasteiger partial charge in [0.25, 0.3) is 0 Å². The molecule has 0 aliphatic heterocycles. The number of carboxylic acids is 1. The zero-order chi connectivity index (χ0) is 25.6. The third-order valence-electron chi connectivity index (χ3n) is 3.63. The molecule has 2 N–H and O–H groups in total. The van der Waals surface area contributed by atoms with Gasteiger partial charge in [0.1, 0.15) is 0 Å². The number of thiol groups is 2. The highest BCUT2D eigenvalue weighted by atomic mass is 32.2. The molecule has 0 spiro atoms. The average molecular weight is 523 g/mol. The maximum atomic E-state index is 10.6. The quantitative estimate of drug-likeness (QED) is 0.192. The Labute approximate surface area is 204 Å². The zero-order valence-electron chi connectivity index (χ0n) is 19.8. The Kier molecular flexibility index (Phi) is 29.8. The standard InChI is InChI=1S/C9H22Si.C7H8S.C2HF3O2.C2H6S2.CH4O/c1-7(2)10(8(3)4)9(5)6;1-8-7-5-3-2-4-6-7;3-2(4,5)1(6)7;3-1-2-4;1-2/h7-10H,1-6H3;2-6H,1H3;(H,6,7);3-4H,1-2H2;2H,1H3. The van der Waals surface area contributed by atoms with Gasteiger partial charge in [0.2, 0.25) is 0 Å². The Morgan fingerprint density at radius 1 is 0.935 bits per heavy atom. The summed E-state index contributed by atoms with van der Waals surface area (Å²) in [5, 5.41) is 14.1. The summed E-state index contributed by atoms with van der Waals surface area (Å²) in [6.45, 7) is 14.3. The van der Waals surface area contributed by atoms with E-state index in [-0.39, 0.29) is 0 Å². The molecule has 0 unspecified atom stereocenters. The van der Waals surface area contributed by atoms with Crippen LogP contribution in [0.15, 0.2) is 35.2 Å². The smallest absolute Gasteiger partial charge is 0.475 e. The first-order valence-corrected chi connectivity index (χ1v) is 14.3. The van der Waals surface area contributed by atoms with E-state index in [1.54, 1.807) is 11.8 Å². The lowest BCUT2D eigenvalue weighted by Crippen LogP contribution is -2.24. The van der Waals surface area contributed by atoms with Crippen LogP contribution in [-0.4, -0.2) is 56.0 Å². The summed E-state index contributed by atoms with van der Waals surface area (Å²) in [5.74, 6) is -1.00. The molecule has 0 aliphatic rings. The Bertz CT molecular complexity index is 483. The number of aliphatic carboxylic acids is 1. The lowest BCUT2D eigenvalue weighted by molar-refractivity contribution is -0.192. The number of carbonyl (C=O) groups is 1. The molecule has 0 amide bonds. The molecule has 0 saturated heterocycles. The van der Waals surface area contributed by atoms with Crippen LogP contribution in [0.2, 0.25) is 16.6 Å². The summed E-state index contributed by atoms with van der Waals surface area (Å²) in [4.78, 5) is 10.2. The Morgan fingerprint density at radius 3 is 1.32 bits per heavy atom. The molecule has 0 aliphatic carbocycles. The van der Waals surface area contributed by atoms with Crippen molar-refractivity contribution in [1.82, 2.24) is 0 Å². The minimum atomic E-state index is -5.08.